The van der Waals surface area contributed by atoms with Crippen molar-refractivity contribution in [2.24, 2.45) is 0 Å². The third kappa shape index (κ3) is 2.61. The van der Waals surface area contributed by atoms with Crippen molar-refractivity contribution in [3.8, 4) is 0 Å². The number of hydrogen-bond acceptors (Lipinski definition) is 4. The zero-order chi connectivity index (χ0) is 16.5. The lowest BCUT2D eigenvalue weighted by Gasteiger charge is -2.36. The van der Waals surface area contributed by atoms with Gasteiger partial charge in [-0.1, -0.05) is 30.3 Å². The first-order chi connectivity index (χ1) is 11.7. The molecule has 24 heavy (non-hydrogen) atoms. The monoisotopic (exact) mass is 335 g/mol. The van der Waals surface area contributed by atoms with Gasteiger partial charge in [0.1, 0.15) is 11.5 Å². The molecule has 1 atom stereocenters. The summed E-state index contributed by atoms with van der Waals surface area (Å²) in [6, 6.07) is 14.0. The number of carbonyl (C=O) groups is 1. The topological polar surface area (TPSA) is 46.1 Å². The van der Waals surface area contributed by atoms with Gasteiger partial charge in [0.25, 0.3) is 5.91 Å². The number of thiophene rings is 1. The molecule has 0 fully saturated rings. The van der Waals surface area contributed by atoms with E-state index in [0.29, 0.717) is 18.1 Å². The molecule has 1 aromatic carbocycles. The Bertz CT molecular complexity index is 875. The van der Waals surface area contributed by atoms with Crippen LogP contribution in [0.4, 0.5) is 0 Å². The zero-order valence-electron chi connectivity index (χ0n) is 13.3. The lowest BCUT2D eigenvalue weighted by molar-refractivity contribution is 0.0689. The van der Waals surface area contributed by atoms with Crippen molar-refractivity contribution < 1.29 is 4.79 Å². The number of hydrogen-bond donors (Lipinski definition) is 0. The number of rotatable bonds is 2. The average Bonchev–Trinajstić information content (AvgIpc) is 3.09. The Balaban J connectivity index is 1.78. The predicted octanol–water partition coefficient (Wildman–Crippen LogP) is 3.63. The van der Waals surface area contributed by atoms with Crippen molar-refractivity contribution >= 4 is 17.2 Å². The highest BCUT2D eigenvalue weighted by molar-refractivity contribution is 7.10. The minimum atomic E-state index is -0.0519. The highest BCUT2D eigenvalue weighted by atomic mass is 32.1. The molecule has 1 unspecified atom stereocenters. The zero-order valence-corrected chi connectivity index (χ0v) is 14.2. The van der Waals surface area contributed by atoms with Crippen LogP contribution in [-0.2, 0) is 6.42 Å². The largest absolute Gasteiger partial charge is 0.326 e. The van der Waals surface area contributed by atoms with Crippen LogP contribution in [0.15, 0.2) is 54.0 Å². The van der Waals surface area contributed by atoms with E-state index >= 15 is 0 Å². The molecular weight excluding hydrogens is 318 g/mol. The molecule has 120 valence electrons. The molecule has 0 saturated heterocycles. The molecule has 0 spiro atoms. The van der Waals surface area contributed by atoms with Crippen LogP contribution in [0, 0.1) is 6.92 Å². The molecule has 4 nitrogen and oxygen atoms in total. The minimum Gasteiger partial charge on any atom is -0.326 e. The molecule has 0 bridgehead atoms. The molecular formula is C19H17N3OS. The lowest BCUT2D eigenvalue weighted by atomic mass is 9.93. The summed E-state index contributed by atoms with van der Waals surface area (Å²) < 4.78 is 0. The Morgan fingerprint density at radius 1 is 1.21 bits per heavy atom. The van der Waals surface area contributed by atoms with Crippen LogP contribution in [0.25, 0.3) is 0 Å². The van der Waals surface area contributed by atoms with Crippen molar-refractivity contribution in [2.45, 2.75) is 19.4 Å². The third-order valence-electron chi connectivity index (χ3n) is 4.34. The molecule has 3 heterocycles. The van der Waals surface area contributed by atoms with E-state index in [0.717, 1.165) is 12.0 Å². The Hall–Kier alpha value is -2.53. The molecule has 1 aliphatic heterocycles. The van der Waals surface area contributed by atoms with E-state index in [2.05, 4.69) is 33.5 Å². The van der Waals surface area contributed by atoms with Crippen LogP contribution >= 0.6 is 11.3 Å². The van der Waals surface area contributed by atoms with Crippen LogP contribution in [0.2, 0.25) is 0 Å². The first-order valence-corrected chi connectivity index (χ1v) is 8.84. The van der Waals surface area contributed by atoms with Gasteiger partial charge in [-0.25, -0.2) is 9.97 Å². The average molecular weight is 335 g/mol. The Kier molecular flexibility index (Phi) is 3.86. The van der Waals surface area contributed by atoms with Gasteiger partial charge in [0.2, 0.25) is 0 Å². The van der Waals surface area contributed by atoms with Crippen molar-refractivity contribution in [3.05, 3.63) is 81.6 Å². The summed E-state index contributed by atoms with van der Waals surface area (Å²) in [6.45, 7) is 2.51. The number of aryl methyl sites for hydroxylation is 1. The summed E-state index contributed by atoms with van der Waals surface area (Å²) >= 11 is 1.77. The highest BCUT2D eigenvalue weighted by Gasteiger charge is 2.33. The van der Waals surface area contributed by atoms with Gasteiger partial charge in [-0.05, 0) is 42.0 Å². The number of amides is 1. The Labute approximate surface area is 144 Å². The molecule has 0 radical (unpaired) electrons. The van der Waals surface area contributed by atoms with E-state index in [-0.39, 0.29) is 11.9 Å². The molecule has 4 rings (SSSR count). The summed E-state index contributed by atoms with van der Waals surface area (Å²) in [5, 5.41) is 2.11. The van der Waals surface area contributed by atoms with Gasteiger partial charge in [-0.3, -0.25) is 4.79 Å². The van der Waals surface area contributed by atoms with E-state index < -0.39 is 0 Å². The van der Waals surface area contributed by atoms with E-state index in [4.69, 9.17) is 0 Å². The van der Waals surface area contributed by atoms with E-state index in [1.807, 2.05) is 23.1 Å². The van der Waals surface area contributed by atoms with Gasteiger partial charge < -0.3 is 4.90 Å². The van der Waals surface area contributed by atoms with Gasteiger partial charge in [0, 0.05) is 17.6 Å². The molecule has 2 aromatic heterocycles. The third-order valence-corrected chi connectivity index (χ3v) is 5.33. The smallest absolute Gasteiger partial charge is 0.273 e. The van der Waals surface area contributed by atoms with Crippen LogP contribution in [0.5, 0.6) is 0 Å². The van der Waals surface area contributed by atoms with Crippen LogP contribution in [-0.4, -0.2) is 27.3 Å². The highest BCUT2D eigenvalue weighted by Crippen LogP contribution is 2.38. The van der Waals surface area contributed by atoms with Crippen LogP contribution in [0.3, 0.4) is 0 Å². The summed E-state index contributed by atoms with van der Waals surface area (Å²) in [5.41, 5.74) is 2.83. The quantitative estimate of drug-likeness (QED) is 0.718. The maximum absolute atomic E-state index is 13.1. The minimum absolute atomic E-state index is 0.0359. The maximum Gasteiger partial charge on any atom is 0.273 e. The number of benzene rings is 1. The van der Waals surface area contributed by atoms with E-state index in [1.165, 1.54) is 10.4 Å². The molecule has 3 aromatic rings. The summed E-state index contributed by atoms with van der Waals surface area (Å²) in [5.74, 6) is 0.580. The fourth-order valence-corrected chi connectivity index (χ4v) is 4.16. The van der Waals surface area contributed by atoms with Gasteiger partial charge in [-0.2, -0.15) is 0 Å². The normalized spacial score (nSPS) is 16.7. The number of nitrogens with zero attached hydrogens (tertiary/aromatic N) is 3. The Morgan fingerprint density at radius 2 is 2.04 bits per heavy atom. The molecule has 0 aliphatic carbocycles. The fraction of sp³-hybridized carbons (Fsp3) is 0.211. The lowest BCUT2D eigenvalue weighted by Crippen LogP contribution is -2.40. The molecule has 0 saturated carbocycles. The van der Waals surface area contributed by atoms with Crippen molar-refractivity contribution in [2.75, 3.05) is 6.54 Å². The second-order valence-corrected chi connectivity index (χ2v) is 6.85. The van der Waals surface area contributed by atoms with Gasteiger partial charge in [0.15, 0.2) is 0 Å². The second-order valence-electron chi connectivity index (χ2n) is 5.85. The SMILES string of the molecule is Cc1nccc(C(=O)N2CCc3sccc3C2c2ccccc2)n1. The fourth-order valence-electron chi connectivity index (χ4n) is 3.25. The van der Waals surface area contributed by atoms with Crippen molar-refractivity contribution in [1.29, 1.82) is 0 Å². The van der Waals surface area contributed by atoms with E-state index in [9.17, 15) is 4.79 Å². The molecule has 1 amide bonds. The second kappa shape index (κ2) is 6.17. The number of carbonyl (C=O) groups excluding carboxylic acids is 1. The molecule has 1 aliphatic rings. The first-order valence-electron chi connectivity index (χ1n) is 7.96. The van der Waals surface area contributed by atoms with Crippen molar-refractivity contribution in [1.82, 2.24) is 14.9 Å². The van der Waals surface area contributed by atoms with Gasteiger partial charge in [-0.15, -0.1) is 11.3 Å². The summed E-state index contributed by atoms with van der Waals surface area (Å²) in [6.07, 6.45) is 2.54. The molecule has 0 N–H and O–H groups in total. The summed E-state index contributed by atoms with van der Waals surface area (Å²) in [4.78, 5) is 24.8. The Morgan fingerprint density at radius 3 is 2.83 bits per heavy atom. The predicted molar refractivity (Wildman–Crippen MR) is 94.1 cm³/mol. The maximum atomic E-state index is 13.1. The summed E-state index contributed by atoms with van der Waals surface area (Å²) in [7, 11) is 0. The number of fused-ring (bicyclic) bond motifs is 1. The van der Waals surface area contributed by atoms with Crippen molar-refractivity contribution in [3.63, 3.8) is 0 Å². The van der Waals surface area contributed by atoms with Crippen LogP contribution in [0.1, 0.15) is 38.4 Å². The standard InChI is InChI=1S/C19H17N3OS/c1-13-20-10-7-16(21-13)19(23)22-11-8-17-15(9-12-24-17)18(22)14-5-3-2-4-6-14/h2-7,9-10,12,18H,8,11H2,1H3. The molecule has 5 heteroatoms. The van der Waals surface area contributed by atoms with Crippen LogP contribution < -0.4 is 0 Å². The van der Waals surface area contributed by atoms with Gasteiger partial charge in [0.05, 0.1) is 6.04 Å². The number of aromatic nitrogens is 2. The van der Waals surface area contributed by atoms with Gasteiger partial charge >= 0.3 is 0 Å². The van der Waals surface area contributed by atoms with E-state index in [1.54, 1.807) is 30.5 Å². The first kappa shape index (κ1) is 15.0.